The first kappa shape index (κ1) is 20.6. The van der Waals surface area contributed by atoms with Crippen LogP contribution in [0.3, 0.4) is 0 Å². The van der Waals surface area contributed by atoms with Gasteiger partial charge in [-0.15, -0.1) is 12.4 Å². The molecule has 1 heterocycles. The molecule has 0 N–H and O–H groups in total. The van der Waals surface area contributed by atoms with Gasteiger partial charge < -0.3 is 18.9 Å². The Morgan fingerprint density at radius 2 is 1.44 bits per heavy atom. The average molecular weight is 392 g/mol. The number of nitrogens with zero attached hydrogens (tertiary/aromatic N) is 1. The maximum absolute atomic E-state index is 13.1. The Labute approximate surface area is 164 Å². The number of hydrogen-bond donors (Lipinski definition) is 0. The van der Waals surface area contributed by atoms with Crippen LogP contribution in [0.15, 0.2) is 35.3 Å². The molecule has 0 aliphatic carbocycles. The molecule has 27 heavy (non-hydrogen) atoms. The topological polar surface area (TPSA) is 66.4 Å². The summed E-state index contributed by atoms with van der Waals surface area (Å²) in [6.07, 6.45) is 0.748. The highest BCUT2D eigenvalue weighted by molar-refractivity contribution is 6.52. The second-order valence-electron chi connectivity index (χ2n) is 5.74. The zero-order chi connectivity index (χ0) is 18.7. The minimum absolute atomic E-state index is 0. The van der Waals surface area contributed by atoms with Crippen molar-refractivity contribution in [3.63, 3.8) is 0 Å². The zero-order valence-corrected chi connectivity index (χ0v) is 16.5. The number of hydrogen-bond acceptors (Lipinski definition) is 6. The molecule has 0 amide bonds. The zero-order valence-electron chi connectivity index (χ0n) is 15.7. The Balaban J connectivity index is 0.00000261. The maximum atomic E-state index is 13.1. The fourth-order valence-electron chi connectivity index (χ4n) is 3.03. The van der Waals surface area contributed by atoms with Gasteiger partial charge in [0.1, 0.15) is 5.71 Å². The smallest absolute Gasteiger partial charge is 0.211 e. The highest BCUT2D eigenvalue weighted by Crippen LogP contribution is 2.34. The predicted molar refractivity (Wildman–Crippen MR) is 106 cm³/mol. The van der Waals surface area contributed by atoms with Crippen LogP contribution in [0, 0.1) is 0 Å². The first-order chi connectivity index (χ1) is 12.6. The Kier molecular flexibility index (Phi) is 6.69. The largest absolute Gasteiger partial charge is 0.493 e. The maximum Gasteiger partial charge on any atom is 0.211 e. The molecule has 0 atom stereocenters. The standard InChI is InChI=1S/C20H21NO5.ClH/c1-23-15-6-5-13(10-16(15)24-2)20(22)19-14-11-18(26-4)17(25-3)9-12(14)7-8-21-19;/h5-6,9-11H,7-8H2,1-4H3;1H. The molecule has 0 aromatic heterocycles. The third-order valence-electron chi connectivity index (χ3n) is 4.38. The van der Waals surface area contributed by atoms with Crippen LogP contribution in [-0.2, 0) is 6.42 Å². The number of Topliss-reactive ketones (excluding diaryl/α,β-unsaturated/α-hetero) is 1. The number of rotatable bonds is 6. The van der Waals surface area contributed by atoms with Crippen molar-refractivity contribution in [1.29, 1.82) is 0 Å². The van der Waals surface area contributed by atoms with Crippen LogP contribution in [0.2, 0.25) is 0 Å². The molecule has 2 aromatic carbocycles. The van der Waals surface area contributed by atoms with Crippen molar-refractivity contribution in [2.45, 2.75) is 6.42 Å². The molecule has 2 aromatic rings. The van der Waals surface area contributed by atoms with Crippen LogP contribution in [-0.4, -0.2) is 46.5 Å². The van der Waals surface area contributed by atoms with E-state index in [1.807, 2.05) is 12.1 Å². The fourth-order valence-corrected chi connectivity index (χ4v) is 3.03. The Hall–Kier alpha value is -2.73. The molecule has 7 heteroatoms. The summed E-state index contributed by atoms with van der Waals surface area (Å²) in [6.45, 7) is 0.552. The van der Waals surface area contributed by atoms with E-state index in [1.165, 1.54) is 7.11 Å². The summed E-state index contributed by atoms with van der Waals surface area (Å²) in [7, 11) is 6.26. The van der Waals surface area contributed by atoms with Gasteiger partial charge in [-0.2, -0.15) is 0 Å². The fraction of sp³-hybridized carbons (Fsp3) is 0.300. The van der Waals surface area contributed by atoms with Crippen LogP contribution in [0.5, 0.6) is 23.0 Å². The van der Waals surface area contributed by atoms with Gasteiger partial charge in [0.05, 0.1) is 28.4 Å². The van der Waals surface area contributed by atoms with Crippen molar-refractivity contribution in [2.75, 3.05) is 35.0 Å². The lowest BCUT2D eigenvalue weighted by Gasteiger charge is -2.19. The summed E-state index contributed by atoms with van der Waals surface area (Å²) in [5.74, 6) is 2.12. The molecule has 0 bridgehead atoms. The monoisotopic (exact) mass is 391 g/mol. The molecule has 1 aliphatic rings. The number of ether oxygens (including phenoxy) is 4. The van der Waals surface area contributed by atoms with Gasteiger partial charge in [-0.3, -0.25) is 9.79 Å². The third-order valence-corrected chi connectivity index (χ3v) is 4.38. The molecule has 0 spiro atoms. The van der Waals surface area contributed by atoms with Crippen molar-refractivity contribution in [2.24, 2.45) is 4.99 Å². The summed E-state index contributed by atoms with van der Waals surface area (Å²) >= 11 is 0. The van der Waals surface area contributed by atoms with Crippen molar-refractivity contribution in [3.8, 4) is 23.0 Å². The number of methoxy groups -OCH3 is 4. The molecule has 6 nitrogen and oxygen atoms in total. The van der Waals surface area contributed by atoms with Crippen LogP contribution in [0.1, 0.15) is 21.5 Å². The minimum Gasteiger partial charge on any atom is -0.493 e. The molecule has 0 saturated carbocycles. The van der Waals surface area contributed by atoms with E-state index in [9.17, 15) is 4.79 Å². The molecule has 0 fully saturated rings. The number of fused-ring (bicyclic) bond motifs is 1. The second-order valence-corrected chi connectivity index (χ2v) is 5.74. The van der Waals surface area contributed by atoms with E-state index in [0.29, 0.717) is 40.8 Å². The van der Waals surface area contributed by atoms with Crippen molar-refractivity contribution in [1.82, 2.24) is 0 Å². The van der Waals surface area contributed by atoms with Crippen molar-refractivity contribution in [3.05, 3.63) is 47.0 Å². The number of ketones is 1. The summed E-state index contributed by atoms with van der Waals surface area (Å²) in [6, 6.07) is 8.81. The van der Waals surface area contributed by atoms with Gasteiger partial charge in [0.2, 0.25) is 5.78 Å². The first-order valence-electron chi connectivity index (χ1n) is 8.19. The lowest BCUT2D eigenvalue weighted by Crippen LogP contribution is -2.22. The van der Waals surface area contributed by atoms with E-state index in [2.05, 4.69) is 4.99 Å². The van der Waals surface area contributed by atoms with Crippen LogP contribution < -0.4 is 18.9 Å². The van der Waals surface area contributed by atoms with E-state index in [-0.39, 0.29) is 18.2 Å². The number of carbonyl (C=O) groups is 1. The highest BCUT2D eigenvalue weighted by Gasteiger charge is 2.25. The van der Waals surface area contributed by atoms with Gasteiger partial charge >= 0.3 is 0 Å². The molecular formula is C20H22ClNO5. The van der Waals surface area contributed by atoms with Gasteiger partial charge in [0.15, 0.2) is 23.0 Å². The number of carbonyl (C=O) groups excluding carboxylic acids is 1. The van der Waals surface area contributed by atoms with E-state index < -0.39 is 0 Å². The Morgan fingerprint density at radius 1 is 0.852 bits per heavy atom. The summed E-state index contributed by atoms with van der Waals surface area (Å²) in [5.41, 5.74) is 2.69. The number of halogens is 1. The van der Waals surface area contributed by atoms with Gasteiger partial charge in [0, 0.05) is 17.7 Å². The Morgan fingerprint density at radius 3 is 2.07 bits per heavy atom. The van der Waals surface area contributed by atoms with Gasteiger partial charge in [-0.25, -0.2) is 0 Å². The second kappa shape index (κ2) is 8.77. The highest BCUT2D eigenvalue weighted by atomic mass is 35.5. The summed E-state index contributed by atoms with van der Waals surface area (Å²) < 4.78 is 21.3. The average Bonchev–Trinajstić information content (AvgIpc) is 2.70. The summed E-state index contributed by atoms with van der Waals surface area (Å²) in [4.78, 5) is 17.6. The lowest BCUT2D eigenvalue weighted by molar-refractivity contribution is 0.106. The minimum atomic E-state index is -0.167. The number of aliphatic imine (C=N–C) groups is 1. The quantitative estimate of drug-likeness (QED) is 0.706. The van der Waals surface area contributed by atoms with E-state index >= 15 is 0 Å². The molecular weight excluding hydrogens is 370 g/mol. The van der Waals surface area contributed by atoms with Crippen LogP contribution in [0.4, 0.5) is 0 Å². The molecule has 0 unspecified atom stereocenters. The molecule has 3 rings (SSSR count). The van der Waals surface area contributed by atoms with E-state index in [4.69, 9.17) is 18.9 Å². The molecule has 0 radical (unpaired) electrons. The van der Waals surface area contributed by atoms with Gasteiger partial charge in [-0.1, -0.05) is 0 Å². The Bertz CT molecular complexity index is 879. The SMILES string of the molecule is COc1ccc(C(=O)C2=NCCc3cc(OC)c(OC)cc32)cc1OC.Cl. The van der Waals surface area contributed by atoms with Crippen LogP contribution >= 0.6 is 12.4 Å². The first-order valence-corrected chi connectivity index (χ1v) is 8.19. The molecule has 144 valence electrons. The van der Waals surface area contributed by atoms with Crippen molar-refractivity contribution < 1.29 is 23.7 Å². The number of benzene rings is 2. The van der Waals surface area contributed by atoms with Crippen LogP contribution in [0.25, 0.3) is 0 Å². The van der Waals surface area contributed by atoms with Gasteiger partial charge in [0.25, 0.3) is 0 Å². The lowest BCUT2D eigenvalue weighted by atomic mass is 9.92. The van der Waals surface area contributed by atoms with Crippen molar-refractivity contribution >= 4 is 23.9 Å². The van der Waals surface area contributed by atoms with E-state index in [1.54, 1.807) is 39.5 Å². The third kappa shape index (κ3) is 3.85. The van der Waals surface area contributed by atoms with Gasteiger partial charge in [-0.05, 0) is 42.3 Å². The van der Waals surface area contributed by atoms with E-state index in [0.717, 1.165) is 17.5 Å². The predicted octanol–water partition coefficient (Wildman–Crippen LogP) is 3.37. The molecule has 0 saturated heterocycles. The normalized spacial score (nSPS) is 12.2. The molecule has 1 aliphatic heterocycles. The summed E-state index contributed by atoms with van der Waals surface area (Å²) in [5, 5.41) is 0.